The fraction of sp³-hybridized carbons (Fsp3) is 0.250. The molecule has 1 N–H and O–H groups in total. The van der Waals surface area contributed by atoms with Crippen LogP contribution < -0.4 is 10.1 Å². The molecular formula is C12H13NO2. The molecule has 78 valence electrons. The number of amides is 1. The Balaban J connectivity index is 2.13. The molecule has 0 bridgehead atoms. The SMILES string of the molecule is C/C=C/C(=O)Nc1ccc2c(c1)CCO2. The van der Waals surface area contributed by atoms with Crippen molar-refractivity contribution in [2.45, 2.75) is 13.3 Å². The number of ether oxygens (including phenoxy) is 1. The summed E-state index contributed by atoms with van der Waals surface area (Å²) in [6.07, 6.45) is 4.14. The second-order valence-corrected chi connectivity index (χ2v) is 3.41. The van der Waals surface area contributed by atoms with E-state index in [4.69, 9.17) is 4.74 Å². The van der Waals surface area contributed by atoms with Gasteiger partial charge in [-0.25, -0.2) is 0 Å². The van der Waals surface area contributed by atoms with Crippen molar-refractivity contribution < 1.29 is 9.53 Å². The molecule has 0 aromatic heterocycles. The number of hydrogen-bond donors (Lipinski definition) is 1. The Hall–Kier alpha value is -1.77. The van der Waals surface area contributed by atoms with Crippen LogP contribution in [0.1, 0.15) is 12.5 Å². The summed E-state index contributed by atoms with van der Waals surface area (Å²) in [7, 11) is 0. The van der Waals surface area contributed by atoms with Gasteiger partial charge in [-0.05, 0) is 36.8 Å². The first-order valence-electron chi connectivity index (χ1n) is 4.99. The van der Waals surface area contributed by atoms with Gasteiger partial charge in [0.1, 0.15) is 5.75 Å². The van der Waals surface area contributed by atoms with Crippen LogP contribution in [0.2, 0.25) is 0 Å². The zero-order valence-electron chi connectivity index (χ0n) is 8.62. The lowest BCUT2D eigenvalue weighted by Crippen LogP contribution is -2.07. The van der Waals surface area contributed by atoms with E-state index < -0.39 is 0 Å². The van der Waals surface area contributed by atoms with E-state index >= 15 is 0 Å². The topological polar surface area (TPSA) is 38.3 Å². The molecular weight excluding hydrogens is 190 g/mol. The zero-order valence-corrected chi connectivity index (χ0v) is 8.62. The number of fused-ring (bicyclic) bond motifs is 1. The number of carbonyl (C=O) groups is 1. The molecule has 1 amide bonds. The minimum absolute atomic E-state index is 0.101. The van der Waals surface area contributed by atoms with E-state index in [1.54, 1.807) is 6.08 Å². The normalized spacial score (nSPS) is 13.7. The Kier molecular flexibility index (Phi) is 2.72. The number of carbonyl (C=O) groups excluding carboxylic acids is 1. The van der Waals surface area contributed by atoms with Gasteiger partial charge < -0.3 is 10.1 Å². The van der Waals surface area contributed by atoms with E-state index in [1.165, 1.54) is 6.08 Å². The first kappa shape index (κ1) is 9.77. The monoisotopic (exact) mass is 203 g/mol. The molecule has 2 rings (SSSR count). The van der Waals surface area contributed by atoms with Crippen LogP contribution in [-0.2, 0) is 11.2 Å². The van der Waals surface area contributed by atoms with Crippen LogP contribution in [0.3, 0.4) is 0 Å². The molecule has 1 aromatic carbocycles. The van der Waals surface area contributed by atoms with Crippen LogP contribution in [-0.4, -0.2) is 12.5 Å². The Morgan fingerprint density at radius 3 is 3.20 bits per heavy atom. The fourth-order valence-corrected chi connectivity index (χ4v) is 1.60. The van der Waals surface area contributed by atoms with Gasteiger partial charge in [0, 0.05) is 12.1 Å². The molecule has 0 atom stereocenters. The molecule has 3 heteroatoms. The molecule has 0 saturated carbocycles. The Morgan fingerprint density at radius 2 is 2.40 bits per heavy atom. The van der Waals surface area contributed by atoms with Crippen molar-refractivity contribution >= 4 is 11.6 Å². The van der Waals surface area contributed by atoms with Gasteiger partial charge in [-0.1, -0.05) is 6.08 Å². The summed E-state index contributed by atoms with van der Waals surface area (Å²) >= 11 is 0. The highest BCUT2D eigenvalue weighted by molar-refractivity contribution is 5.99. The maximum atomic E-state index is 11.3. The van der Waals surface area contributed by atoms with E-state index in [0.717, 1.165) is 30.0 Å². The molecule has 1 heterocycles. The van der Waals surface area contributed by atoms with Crippen molar-refractivity contribution in [1.29, 1.82) is 0 Å². The van der Waals surface area contributed by atoms with Crippen LogP contribution in [0, 0.1) is 0 Å². The summed E-state index contributed by atoms with van der Waals surface area (Å²) in [5.74, 6) is 0.829. The van der Waals surface area contributed by atoms with Gasteiger partial charge in [0.05, 0.1) is 6.61 Å². The predicted molar refractivity (Wildman–Crippen MR) is 59.1 cm³/mol. The average Bonchev–Trinajstić information content (AvgIpc) is 2.65. The standard InChI is InChI=1S/C12H13NO2/c1-2-3-12(14)13-10-4-5-11-9(8-10)6-7-15-11/h2-5,8H,6-7H2,1H3,(H,13,14)/b3-2+. The molecule has 0 aliphatic carbocycles. The highest BCUT2D eigenvalue weighted by Gasteiger charge is 2.12. The fourth-order valence-electron chi connectivity index (χ4n) is 1.60. The van der Waals surface area contributed by atoms with Gasteiger partial charge >= 0.3 is 0 Å². The lowest BCUT2D eigenvalue weighted by Gasteiger charge is -2.04. The maximum absolute atomic E-state index is 11.3. The van der Waals surface area contributed by atoms with Crippen molar-refractivity contribution in [3.63, 3.8) is 0 Å². The van der Waals surface area contributed by atoms with Crippen molar-refractivity contribution in [2.24, 2.45) is 0 Å². The van der Waals surface area contributed by atoms with Crippen LogP contribution in [0.5, 0.6) is 5.75 Å². The van der Waals surface area contributed by atoms with Crippen molar-refractivity contribution in [2.75, 3.05) is 11.9 Å². The molecule has 3 nitrogen and oxygen atoms in total. The van der Waals surface area contributed by atoms with Crippen LogP contribution >= 0.6 is 0 Å². The van der Waals surface area contributed by atoms with Gasteiger partial charge in [-0.2, -0.15) is 0 Å². The third kappa shape index (κ3) is 2.18. The highest BCUT2D eigenvalue weighted by atomic mass is 16.5. The Bertz CT molecular complexity index is 410. The summed E-state index contributed by atoms with van der Waals surface area (Å²) in [6.45, 7) is 2.55. The van der Waals surface area contributed by atoms with Crippen LogP contribution in [0.4, 0.5) is 5.69 Å². The van der Waals surface area contributed by atoms with Gasteiger partial charge in [-0.15, -0.1) is 0 Å². The zero-order chi connectivity index (χ0) is 10.7. The molecule has 1 aliphatic heterocycles. The summed E-state index contributed by atoms with van der Waals surface area (Å²) in [4.78, 5) is 11.3. The Labute approximate surface area is 88.8 Å². The largest absolute Gasteiger partial charge is 0.493 e. The van der Waals surface area contributed by atoms with Gasteiger partial charge in [0.25, 0.3) is 0 Å². The number of anilines is 1. The molecule has 15 heavy (non-hydrogen) atoms. The van der Waals surface area contributed by atoms with E-state index in [1.807, 2.05) is 25.1 Å². The van der Waals surface area contributed by atoms with E-state index in [-0.39, 0.29) is 5.91 Å². The molecule has 0 saturated heterocycles. The predicted octanol–water partition coefficient (Wildman–Crippen LogP) is 2.14. The smallest absolute Gasteiger partial charge is 0.248 e. The molecule has 0 unspecified atom stereocenters. The van der Waals surface area contributed by atoms with Crippen molar-refractivity contribution in [1.82, 2.24) is 0 Å². The second kappa shape index (κ2) is 4.17. The van der Waals surface area contributed by atoms with Crippen molar-refractivity contribution in [3.05, 3.63) is 35.9 Å². The summed E-state index contributed by atoms with van der Waals surface area (Å²) < 4.78 is 5.38. The minimum Gasteiger partial charge on any atom is -0.493 e. The number of rotatable bonds is 2. The third-order valence-corrected chi connectivity index (χ3v) is 2.28. The highest BCUT2D eigenvalue weighted by Crippen LogP contribution is 2.27. The first-order valence-corrected chi connectivity index (χ1v) is 4.99. The van der Waals surface area contributed by atoms with Gasteiger partial charge in [0.2, 0.25) is 5.91 Å². The molecule has 1 aromatic rings. The quantitative estimate of drug-likeness (QED) is 0.748. The Morgan fingerprint density at radius 1 is 1.53 bits per heavy atom. The lowest BCUT2D eigenvalue weighted by atomic mass is 10.1. The van der Waals surface area contributed by atoms with E-state index in [0.29, 0.717) is 0 Å². The number of hydrogen-bond acceptors (Lipinski definition) is 2. The van der Waals surface area contributed by atoms with Crippen molar-refractivity contribution in [3.8, 4) is 5.75 Å². The number of allylic oxidation sites excluding steroid dienone is 1. The summed E-state index contributed by atoms with van der Waals surface area (Å²) in [6, 6.07) is 5.71. The van der Waals surface area contributed by atoms with Crippen LogP contribution in [0.25, 0.3) is 0 Å². The molecule has 0 radical (unpaired) electrons. The number of nitrogens with one attached hydrogen (secondary N) is 1. The van der Waals surface area contributed by atoms with Gasteiger partial charge in [-0.3, -0.25) is 4.79 Å². The first-order chi connectivity index (χ1) is 7.29. The minimum atomic E-state index is -0.101. The second-order valence-electron chi connectivity index (χ2n) is 3.41. The molecule has 0 spiro atoms. The summed E-state index contributed by atoms with van der Waals surface area (Å²) in [5.41, 5.74) is 1.98. The third-order valence-electron chi connectivity index (χ3n) is 2.28. The number of benzene rings is 1. The average molecular weight is 203 g/mol. The maximum Gasteiger partial charge on any atom is 0.248 e. The summed E-state index contributed by atoms with van der Waals surface area (Å²) in [5, 5.41) is 2.79. The lowest BCUT2D eigenvalue weighted by molar-refractivity contribution is -0.111. The molecule has 1 aliphatic rings. The van der Waals surface area contributed by atoms with E-state index in [2.05, 4.69) is 5.32 Å². The molecule has 0 fully saturated rings. The van der Waals surface area contributed by atoms with Crippen LogP contribution in [0.15, 0.2) is 30.4 Å². The van der Waals surface area contributed by atoms with Gasteiger partial charge in [0.15, 0.2) is 0 Å². The van der Waals surface area contributed by atoms with E-state index in [9.17, 15) is 4.79 Å².